The lowest BCUT2D eigenvalue weighted by atomic mass is 9.91. The van der Waals surface area contributed by atoms with Crippen molar-refractivity contribution in [3.05, 3.63) is 35.1 Å². The van der Waals surface area contributed by atoms with Crippen molar-refractivity contribution >= 4 is 0 Å². The van der Waals surface area contributed by atoms with Crippen LogP contribution in [0.15, 0.2) is 18.2 Å². The second kappa shape index (κ2) is 6.14. The molecule has 2 rings (SSSR count). The van der Waals surface area contributed by atoms with E-state index in [4.69, 9.17) is 5.26 Å². The molecule has 3 nitrogen and oxygen atoms in total. The van der Waals surface area contributed by atoms with Crippen LogP contribution in [-0.2, 0) is 0 Å². The van der Waals surface area contributed by atoms with Gasteiger partial charge in [-0.2, -0.15) is 5.26 Å². The van der Waals surface area contributed by atoms with Gasteiger partial charge in [0.2, 0.25) is 0 Å². The van der Waals surface area contributed by atoms with E-state index in [1.165, 1.54) is 6.07 Å². The van der Waals surface area contributed by atoms with Crippen molar-refractivity contribution in [2.45, 2.75) is 50.8 Å². The number of nitrogens with one attached hydrogen (secondary N) is 1. The van der Waals surface area contributed by atoms with Crippen LogP contribution >= 0.6 is 0 Å². The molecule has 2 N–H and O–H groups in total. The number of halogens is 1. The lowest BCUT2D eigenvalue weighted by Crippen LogP contribution is -2.43. The van der Waals surface area contributed by atoms with E-state index in [-0.39, 0.29) is 24.0 Å². The average molecular weight is 262 g/mol. The molecule has 0 heterocycles. The molecule has 1 fully saturated rings. The van der Waals surface area contributed by atoms with Crippen molar-refractivity contribution in [3.63, 3.8) is 0 Å². The van der Waals surface area contributed by atoms with Crippen LogP contribution in [0.1, 0.15) is 49.8 Å². The molecule has 1 aliphatic rings. The lowest BCUT2D eigenvalue weighted by molar-refractivity contribution is 0.0857. The highest BCUT2D eigenvalue weighted by Gasteiger charge is 2.25. The Kier molecular flexibility index (Phi) is 4.52. The van der Waals surface area contributed by atoms with Crippen molar-refractivity contribution in [3.8, 4) is 6.07 Å². The molecular formula is C15H19FN2O. The normalized spacial score (nSPS) is 24.7. The van der Waals surface area contributed by atoms with Gasteiger partial charge in [-0.15, -0.1) is 0 Å². The van der Waals surface area contributed by atoms with Crippen LogP contribution in [0.3, 0.4) is 0 Å². The SMILES string of the molecule is CC(NC1CCCCC1O)c1ccc(C#N)cc1F. The van der Waals surface area contributed by atoms with Gasteiger partial charge in [-0.1, -0.05) is 18.9 Å². The lowest BCUT2D eigenvalue weighted by Gasteiger charge is -2.31. The fourth-order valence-electron chi connectivity index (χ4n) is 2.66. The molecule has 1 saturated carbocycles. The molecule has 19 heavy (non-hydrogen) atoms. The number of hydrogen-bond acceptors (Lipinski definition) is 3. The Labute approximate surface area is 113 Å². The zero-order chi connectivity index (χ0) is 13.8. The van der Waals surface area contributed by atoms with Gasteiger partial charge in [-0.25, -0.2) is 4.39 Å². The van der Waals surface area contributed by atoms with Crippen molar-refractivity contribution in [2.75, 3.05) is 0 Å². The number of hydrogen-bond donors (Lipinski definition) is 2. The van der Waals surface area contributed by atoms with E-state index < -0.39 is 0 Å². The predicted molar refractivity (Wildman–Crippen MR) is 70.9 cm³/mol. The highest BCUT2D eigenvalue weighted by molar-refractivity contribution is 5.34. The number of rotatable bonds is 3. The first kappa shape index (κ1) is 14.0. The Balaban J connectivity index is 2.07. The number of aliphatic hydroxyl groups is 1. The minimum atomic E-state index is -0.371. The van der Waals surface area contributed by atoms with Gasteiger partial charge in [0.15, 0.2) is 0 Å². The molecular weight excluding hydrogens is 243 g/mol. The fourth-order valence-corrected chi connectivity index (χ4v) is 2.66. The smallest absolute Gasteiger partial charge is 0.129 e. The van der Waals surface area contributed by atoms with Crippen molar-refractivity contribution in [1.82, 2.24) is 5.32 Å². The first-order valence-electron chi connectivity index (χ1n) is 6.75. The summed E-state index contributed by atoms with van der Waals surface area (Å²) in [5.41, 5.74) is 0.864. The summed E-state index contributed by atoms with van der Waals surface area (Å²) < 4.78 is 13.9. The van der Waals surface area contributed by atoms with Gasteiger partial charge in [0.25, 0.3) is 0 Å². The molecule has 0 saturated heterocycles. The standard InChI is InChI=1S/C15H19FN2O/c1-10(18-14-4-2-3-5-15(14)19)12-7-6-11(9-17)8-13(12)16/h6-8,10,14-15,18-19H,2-5H2,1H3. The van der Waals surface area contributed by atoms with Crippen LogP contribution in [0.4, 0.5) is 4.39 Å². The Morgan fingerprint density at radius 3 is 2.79 bits per heavy atom. The molecule has 3 atom stereocenters. The number of nitriles is 1. The number of aliphatic hydroxyl groups excluding tert-OH is 1. The molecule has 102 valence electrons. The summed E-state index contributed by atoms with van der Waals surface area (Å²) in [7, 11) is 0. The van der Waals surface area contributed by atoms with Crippen LogP contribution in [0.25, 0.3) is 0 Å². The zero-order valence-electron chi connectivity index (χ0n) is 11.1. The van der Waals surface area contributed by atoms with Gasteiger partial charge in [0.05, 0.1) is 17.7 Å². The summed E-state index contributed by atoms with van der Waals surface area (Å²) in [5, 5.41) is 21.9. The molecule has 0 spiro atoms. The van der Waals surface area contributed by atoms with Crippen molar-refractivity contribution in [1.29, 1.82) is 5.26 Å². The molecule has 3 unspecified atom stereocenters. The number of benzene rings is 1. The van der Waals surface area contributed by atoms with Crippen LogP contribution in [0, 0.1) is 17.1 Å². The molecule has 0 bridgehead atoms. The van der Waals surface area contributed by atoms with Crippen molar-refractivity contribution < 1.29 is 9.50 Å². The first-order valence-corrected chi connectivity index (χ1v) is 6.75. The fraction of sp³-hybridized carbons (Fsp3) is 0.533. The summed E-state index contributed by atoms with van der Waals surface area (Å²) in [4.78, 5) is 0. The Morgan fingerprint density at radius 1 is 1.42 bits per heavy atom. The monoisotopic (exact) mass is 262 g/mol. The van der Waals surface area contributed by atoms with E-state index in [1.54, 1.807) is 12.1 Å². The van der Waals surface area contributed by atoms with E-state index in [9.17, 15) is 9.50 Å². The minimum absolute atomic E-state index is 0.0267. The van der Waals surface area contributed by atoms with Crippen molar-refractivity contribution in [2.24, 2.45) is 0 Å². The molecule has 0 aliphatic heterocycles. The van der Waals surface area contributed by atoms with Gasteiger partial charge in [0.1, 0.15) is 5.82 Å². The maximum atomic E-state index is 13.9. The van der Waals surface area contributed by atoms with E-state index in [0.29, 0.717) is 11.1 Å². The third-order valence-electron chi connectivity index (χ3n) is 3.79. The topological polar surface area (TPSA) is 56.0 Å². The number of nitrogens with zero attached hydrogens (tertiary/aromatic N) is 1. The molecule has 0 aromatic heterocycles. The van der Waals surface area contributed by atoms with E-state index in [0.717, 1.165) is 25.7 Å². The molecule has 0 radical (unpaired) electrons. The summed E-state index contributed by atoms with van der Waals surface area (Å²) in [6.45, 7) is 1.88. The molecule has 1 aromatic rings. The van der Waals surface area contributed by atoms with E-state index >= 15 is 0 Å². The summed E-state index contributed by atoms with van der Waals surface area (Å²) in [5.74, 6) is -0.371. The maximum Gasteiger partial charge on any atom is 0.129 e. The van der Waals surface area contributed by atoms with Crippen LogP contribution in [0.2, 0.25) is 0 Å². The second-order valence-corrected chi connectivity index (χ2v) is 5.19. The summed E-state index contributed by atoms with van der Waals surface area (Å²) in [6, 6.07) is 6.29. The van der Waals surface area contributed by atoms with Gasteiger partial charge in [-0.05, 0) is 31.9 Å². The third kappa shape index (κ3) is 3.31. The van der Waals surface area contributed by atoms with Gasteiger partial charge >= 0.3 is 0 Å². The molecule has 1 aliphatic carbocycles. The highest BCUT2D eigenvalue weighted by Crippen LogP contribution is 2.23. The Hall–Kier alpha value is -1.44. The predicted octanol–water partition coefficient (Wildman–Crippen LogP) is 2.65. The second-order valence-electron chi connectivity index (χ2n) is 5.19. The maximum absolute atomic E-state index is 13.9. The van der Waals surface area contributed by atoms with Crippen LogP contribution < -0.4 is 5.32 Å². The van der Waals surface area contributed by atoms with Gasteiger partial charge in [-0.3, -0.25) is 0 Å². The summed E-state index contributed by atoms with van der Waals surface area (Å²) in [6.07, 6.45) is 3.53. The first-order chi connectivity index (χ1) is 9.11. The zero-order valence-corrected chi connectivity index (χ0v) is 11.1. The molecule has 1 aromatic carbocycles. The molecule has 0 amide bonds. The van der Waals surface area contributed by atoms with Gasteiger partial charge in [0, 0.05) is 17.6 Å². The van der Waals surface area contributed by atoms with E-state index in [1.807, 2.05) is 13.0 Å². The van der Waals surface area contributed by atoms with Gasteiger partial charge < -0.3 is 10.4 Å². The molecule has 4 heteroatoms. The largest absolute Gasteiger partial charge is 0.392 e. The average Bonchev–Trinajstić information content (AvgIpc) is 2.41. The Bertz CT molecular complexity index is 484. The highest BCUT2D eigenvalue weighted by atomic mass is 19.1. The van der Waals surface area contributed by atoms with Crippen LogP contribution in [0.5, 0.6) is 0 Å². The Morgan fingerprint density at radius 2 is 2.16 bits per heavy atom. The third-order valence-corrected chi connectivity index (χ3v) is 3.79. The summed E-state index contributed by atoms with van der Waals surface area (Å²) >= 11 is 0. The minimum Gasteiger partial charge on any atom is -0.392 e. The van der Waals surface area contributed by atoms with E-state index in [2.05, 4.69) is 5.32 Å². The van der Waals surface area contributed by atoms with Crippen LogP contribution in [-0.4, -0.2) is 17.3 Å². The quantitative estimate of drug-likeness (QED) is 0.880.